The number of carbonyl (C=O) groups is 1. The molecule has 3 rings (SSSR count). The Hall–Kier alpha value is -2.19. The van der Waals surface area contributed by atoms with Crippen molar-refractivity contribution in [2.45, 2.75) is 0 Å². The van der Waals surface area contributed by atoms with Crippen molar-refractivity contribution in [2.24, 2.45) is 7.05 Å². The fourth-order valence-electron chi connectivity index (χ4n) is 1.90. The van der Waals surface area contributed by atoms with E-state index in [1.165, 1.54) is 17.0 Å². The number of aromatic nitrogens is 2. The van der Waals surface area contributed by atoms with E-state index in [0.29, 0.717) is 9.86 Å². The predicted molar refractivity (Wildman–Crippen MR) is 100 cm³/mol. The van der Waals surface area contributed by atoms with Crippen LogP contribution < -0.4 is 11.3 Å². The van der Waals surface area contributed by atoms with Gasteiger partial charge in [-0.05, 0) is 36.4 Å². The van der Waals surface area contributed by atoms with Crippen molar-refractivity contribution >= 4 is 54.4 Å². The summed E-state index contributed by atoms with van der Waals surface area (Å²) >= 11 is 6.46. The molecule has 0 bridgehead atoms. The molecule has 0 saturated heterocycles. The topological polar surface area (TPSA) is 98.2 Å². The molecule has 3 N–H and O–H groups in total. The molecule has 6 nitrogen and oxygen atoms in total. The van der Waals surface area contributed by atoms with Crippen LogP contribution in [-0.4, -0.2) is 20.6 Å². The highest BCUT2D eigenvalue weighted by Gasteiger charge is 2.06. The van der Waals surface area contributed by atoms with Crippen LogP contribution in [-0.2, 0) is 7.05 Å². The van der Waals surface area contributed by atoms with Crippen LogP contribution in [0.3, 0.4) is 0 Å². The van der Waals surface area contributed by atoms with Crippen molar-refractivity contribution in [3.63, 3.8) is 0 Å². The Labute approximate surface area is 154 Å². The number of carboxylic acids is 1. The highest BCUT2D eigenvalue weighted by Crippen LogP contribution is 2.18. The van der Waals surface area contributed by atoms with Gasteiger partial charge >= 0.3 is 5.97 Å². The van der Waals surface area contributed by atoms with E-state index >= 15 is 0 Å². The first kappa shape index (κ1) is 18.2. The smallest absolute Gasteiger partial charge is 0.337 e. The zero-order chi connectivity index (χ0) is 17.9. The minimum absolute atomic E-state index is 0.0219. The molecule has 0 spiro atoms. The van der Waals surface area contributed by atoms with Gasteiger partial charge in [-0.2, -0.15) is 0 Å². The fraction of sp³-hybridized carbons (Fsp3) is 0.0625. The predicted octanol–water partition coefficient (Wildman–Crippen LogP) is 3.43. The number of anilines is 1. The number of benzene rings is 2. The average Bonchev–Trinajstić information content (AvgIpc) is 2.54. The van der Waals surface area contributed by atoms with E-state index in [-0.39, 0.29) is 16.8 Å². The van der Waals surface area contributed by atoms with Crippen molar-refractivity contribution in [1.82, 2.24) is 9.55 Å². The summed E-state index contributed by atoms with van der Waals surface area (Å²) in [5.74, 6) is -1.01. The second-order valence-corrected chi connectivity index (χ2v) is 6.69. The zero-order valence-corrected chi connectivity index (χ0v) is 15.7. The van der Waals surface area contributed by atoms with Crippen molar-refractivity contribution in [3.05, 3.63) is 67.6 Å². The van der Waals surface area contributed by atoms with Crippen molar-refractivity contribution in [3.8, 4) is 0 Å². The van der Waals surface area contributed by atoms with Crippen LogP contribution in [0.25, 0.3) is 10.9 Å². The molecule has 124 valence electrons. The first-order chi connectivity index (χ1) is 11.3. The van der Waals surface area contributed by atoms with Gasteiger partial charge in [-0.25, -0.2) is 9.78 Å². The van der Waals surface area contributed by atoms with Crippen LogP contribution in [0, 0.1) is 0 Å². The number of hydrogen-bond donors (Lipinski definition) is 2. The van der Waals surface area contributed by atoms with Gasteiger partial charge in [0.25, 0.3) is 5.56 Å². The molecular formula is C16H13Br2N3O3. The molecule has 0 aliphatic rings. The first-order valence-electron chi connectivity index (χ1n) is 6.69. The Morgan fingerprint density at radius 3 is 2.42 bits per heavy atom. The number of aryl methyl sites for hydroxylation is 1. The van der Waals surface area contributed by atoms with E-state index < -0.39 is 5.97 Å². The minimum atomic E-state index is -1.01. The lowest BCUT2D eigenvalue weighted by molar-refractivity contribution is 0.0698. The molecule has 1 heterocycles. The van der Waals surface area contributed by atoms with E-state index in [2.05, 4.69) is 36.8 Å². The van der Waals surface area contributed by atoms with E-state index in [1.54, 1.807) is 25.2 Å². The maximum absolute atomic E-state index is 11.6. The zero-order valence-electron chi connectivity index (χ0n) is 12.5. The molecule has 1 aromatic heterocycles. The second-order valence-electron chi connectivity index (χ2n) is 4.86. The summed E-state index contributed by atoms with van der Waals surface area (Å²) in [5.41, 5.74) is 6.50. The quantitative estimate of drug-likeness (QED) is 0.549. The lowest BCUT2D eigenvalue weighted by Gasteiger charge is -1.99. The van der Waals surface area contributed by atoms with Gasteiger partial charge in [0.15, 0.2) is 0 Å². The van der Waals surface area contributed by atoms with Crippen LogP contribution >= 0.6 is 31.9 Å². The molecule has 8 heteroatoms. The van der Waals surface area contributed by atoms with E-state index in [0.717, 1.165) is 9.99 Å². The maximum Gasteiger partial charge on any atom is 0.337 e. The SMILES string of the molecule is Cn1cnc2ccc(Br)cc2c1=O.Nc1ccc(Br)cc1C(=O)O. The highest BCUT2D eigenvalue weighted by molar-refractivity contribution is 9.10. The van der Waals surface area contributed by atoms with Gasteiger partial charge in [-0.15, -0.1) is 0 Å². The first-order valence-corrected chi connectivity index (χ1v) is 8.27. The highest BCUT2D eigenvalue weighted by atomic mass is 79.9. The maximum atomic E-state index is 11.6. The van der Waals surface area contributed by atoms with Gasteiger partial charge < -0.3 is 15.4 Å². The largest absolute Gasteiger partial charge is 0.478 e. The molecule has 24 heavy (non-hydrogen) atoms. The lowest BCUT2D eigenvalue weighted by atomic mass is 10.2. The number of nitrogen functional groups attached to an aromatic ring is 1. The van der Waals surface area contributed by atoms with Crippen molar-refractivity contribution < 1.29 is 9.90 Å². The number of nitrogens with zero attached hydrogens (tertiary/aromatic N) is 2. The van der Waals surface area contributed by atoms with Gasteiger partial charge in [0.2, 0.25) is 0 Å². The van der Waals surface area contributed by atoms with Crippen LogP contribution in [0.15, 0.2) is 56.5 Å². The third-order valence-corrected chi connectivity index (χ3v) is 4.11. The van der Waals surface area contributed by atoms with Crippen LogP contribution in [0.2, 0.25) is 0 Å². The molecule has 0 radical (unpaired) electrons. The fourth-order valence-corrected chi connectivity index (χ4v) is 2.62. The summed E-state index contributed by atoms with van der Waals surface area (Å²) in [6.45, 7) is 0. The molecule has 2 aromatic carbocycles. The van der Waals surface area contributed by atoms with Crippen molar-refractivity contribution in [1.29, 1.82) is 0 Å². The Morgan fingerprint density at radius 1 is 1.17 bits per heavy atom. The van der Waals surface area contributed by atoms with Gasteiger partial charge in [0, 0.05) is 21.7 Å². The Balaban J connectivity index is 0.000000177. The van der Waals surface area contributed by atoms with Gasteiger partial charge in [-0.3, -0.25) is 4.79 Å². The van der Waals surface area contributed by atoms with Crippen LogP contribution in [0.4, 0.5) is 5.69 Å². The number of aromatic carboxylic acids is 1. The van der Waals surface area contributed by atoms with Gasteiger partial charge in [0.05, 0.1) is 22.8 Å². The third-order valence-electron chi connectivity index (χ3n) is 3.13. The normalized spacial score (nSPS) is 10.1. The number of carboxylic acid groups (broad SMARTS) is 1. The molecule has 0 aliphatic heterocycles. The summed E-state index contributed by atoms with van der Waals surface area (Å²) in [5, 5.41) is 9.23. The van der Waals surface area contributed by atoms with Gasteiger partial charge in [0.1, 0.15) is 0 Å². The average molecular weight is 455 g/mol. The summed E-state index contributed by atoms with van der Waals surface area (Å²) in [7, 11) is 1.69. The van der Waals surface area contributed by atoms with Crippen molar-refractivity contribution in [2.75, 3.05) is 5.73 Å². The molecular weight excluding hydrogens is 442 g/mol. The Kier molecular flexibility index (Phi) is 5.74. The number of fused-ring (bicyclic) bond motifs is 1. The molecule has 0 saturated carbocycles. The van der Waals surface area contributed by atoms with E-state index in [9.17, 15) is 9.59 Å². The third kappa shape index (κ3) is 4.21. The molecule has 0 amide bonds. The molecule has 0 atom stereocenters. The number of halogens is 2. The number of nitrogens with two attached hydrogens (primary N) is 1. The summed E-state index contributed by atoms with van der Waals surface area (Å²) < 4.78 is 3.07. The molecule has 0 aliphatic carbocycles. The number of rotatable bonds is 1. The molecule has 0 unspecified atom stereocenters. The number of hydrogen-bond acceptors (Lipinski definition) is 4. The summed E-state index contributed by atoms with van der Waals surface area (Å²) in [4.78, 5) is 26.2. The standard InChI is InChI=1S/C9H7BrN2O.C7H6BrNO2/c1-12-5-11-8-3-2-6(10)4-7(8)9(12)13;8-4-1-2-6(9)5(3-4)7(10)11/h2-5H,1H3;1-3H,9H2,(H,10,11). The Morgan fingerprint density at radius 2 is 1.79 bits per heavy atom. The Bertz CT molecular complexity index is 965. The molecule has 3 aromatic rings. The minimum Gasteiger partial charge on any atom is -0.478 e. The van der Waals surface area contributed by atoms with Crippen LogP contribution in [0.5, 0.6) is 0 Å². The van der Waals surface area contributed by atoms with Gasteiger partial charge in [-0.1, -0.05) is 31.9 Å². The van der Waals surface area contributed by atoms with E-state index in [1.807, 2.05) is 12.1 Å². The van der Waals surface area contributed by atoms with Crippen LogP contribution in [0.1, 0.15) is 10.4 Å². The monoisotopic (exact) mass is 453 g/mol. The second kappa shape index (κ2) is 7.59. The molecule has 0 fully saturated rings. The van der Waals surface area contributed by atoms with E-state index in [4.69, 9.17) is 10.8 Å². The summed E-state index contributed by atoms with van der Waals surface area (Å²) in [6, 6.07) is 10.2. The lowest BCUT2D eigenvalue weighted by Crippen LogP contribution is -2.16. The summed E-state index contributed by atoms with van der Waals surface area (Å²) in [6.07, 6.45) is 1.53.